The quantitative estimate of drug-likeness (QED) is 0.132. The van der Waals surface area contributed by atoms with Gasteiger partial charge in [-0.3, -0.25) is 9.46 Å². The zero-order chi connectivity index (χ0) is 50.8. The van der Waals surface area contributed by atoms with Crippen LogP contribution in [0.25, 0.3) is 33.1 Å². The molecule has 1 atom stereocenters. The Bertz CT molecular complexity index is 3080. The van der Waals surface area contributed by atoms with Gasteiger partial charge in [-0.15, -0.1) is 0 Å². The summed E-state index contributed by atoms with van der Waals surface area (Å²) in [5.74, 6) is 2.66. The highest BCUT2D eigenvalue weighted by atomic mass is 31.2. The molecule has 1 aliphatic rings. The number of para-hydroxylation sites is 1. The lowest BCUT2D eigenvalue weighted by molar-refractivity contribution is 0.0847. The van der Waals surface area contributed by atoms with Gasteiger partial charge in [-0.05, 0) is 101 Å². The van der Waals surface area contributed by atoms with Gasteiger partial charge in [0.05, 0.1) is 32.0 Å². The molecule has 0 saturated heterocycles. The minimum Gasteiger partial charge on any atom is -0.497 e. The first-order valence-electron chi connectivity index (χ1n) is 24.0. The van der Waals surface area contributed by atoms with Crippen molar-refractivity contribution in [2.24, 2.45) is 0 Å². The Hall–Kier alpha value is -5.88. The van der Waals surface area contributed by atoms with Crippen LogP contribution in [-0.2, 0) is 28.2 Å². The molecular formula is C59H70N2O7P2. The molecule has 8 rings (SSSR count). The van der Waals surface area contributed by atoms with E-state index in [1.54, 1.807) is 14.2 Å². The molecule has 1 unspecified atom stereocenters. The van der Waals surface area contributed by atoms with Crippen LogP contribution < -0.4 is 23.2 Å². The molecule has 11 heteroatoms. The van der Waals surface area contributed by atoms with Crippen LogP contribution in [0.3, 0.4) is 0 Å². The highest BCUT2D eigenvalue weighted by Gasteiger charge is 2.41. The van der Waals surface area contributed by atoms with Crippen molar-refractivity contribution in [3.63, 3.8) is 0 Å². The van der Waals surface area contributed by atoms with Gasteiger partial charge in [-0.2, -0.15) is 0 Å². The summed E-state index contributed by atoms with van der Waals surface area (Å²) in [7, 11) is 1.45. The molecule has 9 nitrogen and oxygen atoms in total. The van der Waals surface area contributed by atoms with Crippen LogP contribution in [0.4, 0.5) is 5.69 Å². The number of anilines is 1. The number of fused-ring (bicyclic) bond motifs is 4. The second-order valence-electron chi connectivity index (χ2n) is 22.7. The van der Waals surface area contributed by atoms with Gasteiger partial charge in [0, 0.05) is 51.2 Å². The molecule has 6 aromatic carbocycles. The Morgan fingerprint density at radius 3 is 1.43 bits per heavy atom. The number of methoxy groups -OCH3 is 2. The monoisotopic (exact) mass is 980 g/mol. The number of hydrogen-bond acceptors (Lipinski definition) is 8. The summed E-state index contributed by atoms with van der Waals surface area (Å²) in [4.78, 5) is 14.8. The van der Waals surface area contributed by atoms with Gasteiger partial charge in [0.2, 0.25) is 0 Å². The molecule has 0 radical (unpaired) electrons. The van der Waals surface area contributed by atoms with Crippen LogP contribution in [0, 0.1) is 13.8 Å². The molecule has 1 amide bonds. The first kappa shape index (κ1) is 50.5. The fourth-order valence-electron chi connectivity index (χ4n) is 9.18. The van der Waals surface area contributed by atoms with Crippen LogP contribution in [0.2, 0.25) is 0 Å². The lowest BCUT2D eigenvalue weighted by Crippen LogP contribution is -2.38. The van der Waals surface area contributed by atoms with Crippen molar-refractivity contribution in [1.82, 2.24) is 4.67 Å². The van der Waals surface area contributed by atoms with Crippen LogP contribution in [-0.4, -0.2) is 31.8 Å². The van der Waals surface area contributed by atoms with Crippen molar-refractivity contribution in [3.8, 4) is 34.1 Å². The smallest absolute Gasteiger partial charge is 0.453 e. The van der Waals surface area contributed by atoms with E-state index in [2.05, 4.69) is 150 Å². The first-order valence-corrected chi connectivity index (χ1v) is 26.3. The van der Waals surface area contributed by atoms with Crippen LogP contribution in [0.1, 0.15) is 132 Å². The fraction of sp³-hybridized carbons (Fsp3) is 0.373. The van der Waals surface area contributed by atoms with Crippen molar-refractivity contribution >= 4 is 50.2 Å². The van der Waals surface area contributed by atoms with Gasteiger partial charge in [0.25, 0.3) is 5.91 Å². The molecular weight excluding hydrogens is 911 g/mol. The Balaban J connectivity index is 1.45. The summed E-state index contributed by atoms with van der Waals surface area (Å²) in [6, 6.07) is 34.9. The summed E-state index contributed by atoms with van der Waals surface area (Å²) in [5.41, 5.74) is 10.0. The average Bonchev–Trinajstić information content (AvgIpc) is 3.44. The Morgan fingerprint density at radius 2 is 0.971 bits per heavy atom. The molecule has 0 bridgehead atoms. The maximum atomic E-state index is 14.8. The van der Waals surface area contributed by atoms with E-state index in [0.29, 0.717) is 46.3 Å². The molecule has 1 aromatic heterocycles. The third-order valence-corrected chi connectivity index (χ3v) is 15.7. The zero-order valence-corrected chi connectivity index (χ0v) is 46.0. The highest BCUT2D eigenvalue weighted by Crippen LogP contribution is 2.58. The minimum atomic E-state index is -2.20. The van der Waals surface area contributed by atoms with E-state index < -0.39 is 22.1 Å². The SMILES string of the molecule is COc1cc(C(C)(C)C)c2op(Oc3c(-c4cc(C)cc(C(C)(C)C)c4OP4N(Cc5ccccc5)C(=O)c5ccccc5N4C)cc(C)cc3C(C)(C)C)oc3c(C(C)(C)C)cc(OC)cc3c2c1. The van der Waals surface area contributed by atoms with Gasteiger partial charge < -0.3 is 31.6 Å². The first-order chi connectivity index (χ1) is 32.8. The normalized spacial score (nSPS) is 14.5. The van der Waals surface area contributed by atoms with Crippen molar-refractivity contribution in [2.75, 3.05) is 25.9 Å². The minimum absolute atomic E-state index is 0.0743. The van der Waals surface area contributed by atoms with Crippen LogP contribution in [0.5, 0.6) is 23.0 Å². The number of hydrogen-bond donors (Lipinski definition) is 0. The lowest BCUT2D eigenvalue weighted by atomic mass is 9.80. The fourth-order valence-corrected chi connectivity index (χ4v) is 12.1. The second-order valence-corrected chi connectivity index (χ2v) is 25.5. The van der Waals surface area contributed by atoms with Crippen molar-refractivity contribution in [1.29, 1.82) is 0 Å². The van der Waals surface area contributed by atoms with Gasteiger partial charge in [-0.1, -0.05) is 138 Å². The summed E-state index contributed by atoms with van der Waals surface area (Å²) in [6.45, 7) is 30.9. The van der Waals surface area contributed by atoms with E-state index in [0.717, 1.165) is 66.5 Å². The zero-order valence-electron chi connectivity index (χ0n) is 44.2. The number of carbonyl (C=O) groups is 1. The van der Waals surface area contributed by atoms with E-state index in [9.17, 15) is 4.79 Å². The summed E-state index contributed by atoms with van der Waals surface area (Å²) >= 11 is 0. The standard InChI is InChI=1S/C59H70N2O7P2/c1-36-27-42(51(46(29-36)56(3,4)5)65-69-60(15)50-26-22-21-25-41(50)55(62)61(69)35-38-23-19-18-20-24-38)43-28-37(2)30-47(57(6,7)8)52(43)66-70-67-53-44(31-39(63-16)33-48(53)58(9,10)11)45-32-40(64-17)34-49(54(45)68-70)59(12,13)14/h18-34H,35H2,1-17H3. The Kier molecular flexibility index (Phi) is 13.5. The van der Waals surface area contributed by atoms with E-state index in [4.69, 9.17) is 26.9 Å². The van der Waals surface area contributed by atoms with Gasteiger partial charge in [0.1, 0.15) is 34.2 Å². The van der Waals surface area contributed by atoms with E-state index >= 15 is 0 Å². The van der Waals surface area contributed by atoms with E-state index in [-0.39, 0.29) is 22.2 Å². The Labute approximate surface area is 417 Å². The maximum absolute atomic E-state index is 14.8. The van der Waals surface area contributed by atoms with Crippen LogP contribution in [0.15, 0.2) is 112 Å². The summed E-state index contributed by atoms with van der Waals surface area (Å²) in [5, 5.41) is 1.66. The van der Waals surface area contributed by atoms with E-state index in [1.807, 2.05) is 66.3 Å². The van der Waals surface area contributed by atoms with Gasteiger partial charge in [0.15, 0.2) is 0 Å². The molecule has 7 aromatic rings. The lowest BCUT2D eigenvalue weighted by Gasteiger charge is -2.42. The topological polar surface area (TPSA) is 86.8 Å². The molecule has 1 aliphatic heterocycles. The predicted molar refractivity (Wildman–Crippen MR) is 290 cm³/mol. The molecule has 368 valence electrons. The Morgan fingerprint density at radius 1 is 0.529 bits per heavy atom. The largest absolute Gasteiger partial charge is 0.497 e. The summed E-state index contributed by atoms with van der Waals surface area (Å²) < 4.78 is 45.6. The number of benzene rings is 6. The maximum Gasteiger partial charge on any atom is 0.453 e. The second kappa shape index (κ2) is 18.7. The van der Waals surface area contributed by atoms with Crippen molar-refractivity contribution in [3.05, 3.63) is 148 Å². The van der Waals surface area contributed by atoms with Crippen LogP contribution >= 0.6 is 16.7 Å². The highest BCUT2D eigenvalue weighted by molar-refractivity contribution is 7.53. The third-order valence-electron chi connectivity index (χ3n) is 12.9. The van der Waals surface area contributed by atoms with Gasteiger partial charge >= 0.3 is 16.7 Å². The summed E-state index contributed by atoms with van der Waals surface area (Å²) in [6.07, 6.45) is 0. The molecule has 2 heterocycles. The number of ether oxygens (including phenoxy) is 2. The molecule has 0 aliphatic carbocycles. The number of carbonyl (C=O) groups excluding carboxylic acids is 1. The predicted octanol–water partition coefficient (Wildman–Crippen LogP) is 17.0. The van der Waals surface area contributed by atoms with Crippen molar-refractivity contribution in [2.45, 2.75) is 125 Å². The molecule has 0 N–H and O–H groups in total. The number of aryl methyl sites for hydroxylation is 2. The number of nitrogens with zero attached hydrogens (tertiary/aromatic N) is 2. The molecule has 70 heavy (non-hydrogen) atoms. The number of rotatable bonds is 9. The molecule has 0 spiro atoms. The molecule has 0 fully saturated rings. The van der Waals surface area contributed by atoms with Crippen molar-refractivity contribution < 1.29 is 31.7 Å². The van der Waals surface area contributed by atoms with Gasteiger partial charge in [-0.25, -0.2) is 0 Å². The molecule has 0 saturated carbocycles. The third kappa shape index (κ3) is 9.90. The van der Waals surface area contributed by atoms with E-state index in [1.165, 1.54) is 0 Å². The average molecular weight is 981 g/mol. The number of amides is 1.